The highest BCUT2D eigenvalue weighted by molar-refractivity contribution is 7.98. The van der Waals surface area contributed by atoms with Crippen molar-refractivity contribution >= 4 is 45.7 Å². The summed E-state index contributed by atoms with van der Waals surface area (Å²) in [5, 5.41) is 0. The molecule has 0 fully saturated rings. The number of nitrogens with zero attached hydrogens (tertiary/aromatic N) is 3. The van der Waals surface area contributed by atoms with Crippen LogP contribution in [0.2, 0.25) is 0 Å². The second-order valence-electron chi connectivity index (χ2n) is 16.7. The Morgan fingerprint density at radius 2 is 0.968 bits per heavy atom. The second-order valence-corrected chi connectivity index (χ2v) is 20.4. The van der Waals surface area contributed by atoms with Crippen LogP contribution in [0.3, 0.4) is 0 Å². The van der Waals surface area contributed by atoms with Gasteiger partial charge >= 0.3 is 27.7 Å². The molecule has 4 rings (SSSR count). The van der Waals surface area contributed by atoms with E-state index in [2.05, 4.69) is 0 Å². The van der Waals surface area contributed by atoms with E-state index in [1.807, 2.05) is 50.6 Å². The SMILES string of the molecule is CSc1ccc(Oc2ccc(CN(Cc3ccc(Oc4ccc(SC)c(C)c4)c(CN(C)C(=O)OC(C)(C)C)c3)S(=O)(=O)C(F)(F)F)cc2CN(C)C(=O)OC(C)(C)C)cc1C. The number of hydrogen-bond donors (Lipinski definition) is 0. The Morgan fingerprint density at radius 3 is 1.27 bits per heavy atom. The van der Waals surface area contributed by atoms with Crippen LogP contribution >= 0.6 is 23.5 Å². The summed E-state index contributed by atoms with van der Waals surface area (Å²) in [5.41, 5.74) is -4.14. The van der Waals surface area contributed by atoms with Gasteiger partial charge in [-0.15, -0.1) is 23.5 Å². The fraction of sp³-hybridized carbons (Fsp3) is 0.422. The minimum absolute atomic E-state index is 0.0818. The predicted octanol–water partition coefficient (Wildman–Crippen LogP) is 11.9. The quantitative estimate of drug-likeness (QED) is 0.107. The van der Waals surface area contributed by atoms with Crippen molar-refractivity contribution in [3.05, 3.63) is 106 Å². The molecule has 338 valence electrons. The van der Waals surface area contributed by atoms with Crippen LogP contribution in [-0.2, 0) is 45.7 Å². The van der Waals surface area contributed by atoms with Gasteiger partial charge in [0, 0.05) is 48.1 Å². The predicted molar refractivity (Wildman–Crippen MR) is 239 cm³/mol. The van der Waals surface area contributed by atoms with Crippen LogP contribution in [0.4, 0.5) is 22.8 Å². The van der Waals surface area contributed by atoms with Gasteiger partial charge in [-0.05, 0) is 151 Å². The number of amides is 2. The Balaban J connectivity index is 1.77. The number of rotatable bonds is 15. The number of carbonyl (C=O) groups is 2. The number of carbonyl (C=O) groups excluding carboxylic acids is 2. The van der Waals surface area contributed by atoms with Crippen LogP contribution in [0.5, 0.6) is 23.0 Å². The molecule has 0 saturated heterocycles. The molecule has 0 N–H and O–H groups in total. The van der Waals surface area contributed by atoms with Crippen molar-refractivity contribution in [2.45, 2.75) is 108 Å². The molecule has 0 aromatic heterocycles. The van der Waals surface area contributed by atoms with Gasteiger partial charge in [0.2, 0.25) is 0 Å². The Labute approximate surface area is 372 Å². The zero-order valence-corrected chi connectivity index (χ0v) is 39.7. The summed E-state index contributed by atoms with van der Waals surface area (Å²) < 4.78 is 93.9. The van der Waals surface area contributed by atoms with E-state index in [1.165, 1.54) is 60.3 Å². The van der Waals surface area contributed by atoms with Crippen LogP contribution < -0.4 is 9.47 Å². The average Bonchev–Trinajstić information content (AvgIpc) is 3.14. The highest BCUT2D eigenvalue weighted by Gasteiger charge is 2.50. The topological polar surface area (TPSA) is 115 Å². The maximum Gasteiger partial charge on any atom is 0.511 e. The van der Waals surface area contributed by atoms with Gasteiger partial charge in [-0.25, -0.2) is 18.0 Å². The molecular weight excluding hydrogens is 864 g/mol. The van der Waals surface area contributed by atoms with Crippen molar-refractivity contribution in [1.82, 2.24) is 14.1 Å². The van der Waals surface area contributed by atoms with Crippen molar-refractivity contribution in [2.24, 2.45) is 0 Å². The van der Waals surface area contributed by atoms with Crippen LogP contribution in [0.25, 0.3) is 0 Å². The largest absolute Gasteiger partial charge is 0.511 e. The lowest BCUT2D eigenvalue weighted by molar-refractivity contribution is -0.0494. The zero-order chi connectivity index (χ0) is 46.4. The van der Waals surface area contributed by atoms with Crippen LogP contribution in [0, 0.1) is 13.8 Å². The van der Waals surface area contributed by atoms with Gasteiger partial charge in [0.1, 0.15) is 34.2 Å². The summed E-state index contributed by atoms with van der Waals surface area (Å²) >= 11 is 3.15. The lowest BCUT2D eigenvalue weighted by atomic mass is 10.1. The monoisotopic (exact) mass is 919 g/mol. The Bertz CT molecular complexity index is 2200. The molecule has 4 aromatic carbocycles. The molecule has 0 bridgehead atoms. The summed E-state index contributed by atoms with van der Waals surface area (Å²) in [6.07, 6.45) is 2.61. The number of benzene rings is 4. The summed E-state index contributed by atoms with van der Waals surface area (Å²) in [7, 11) is -2.90. The van der Waals surface area contributed by atoms with Crippen molar-refractivity contribution in [2.75, 3.05) is 26.6 Å². The molecule has 0 unspecified atom stereocenters. The summed E-state index contributed by atoms with van der Waals surface area (Å²) in [6, 6.07) is 20.1. The fourth-order valence-corrected chi connectivity index (χ4v) is 8.19. The number of alkyl halides is 3. The highest BCUT2D eigenvalue weighted by Crippen LogP contribution is 2.36. The molecule has 0 radical (unpaired) electrons. The number of thioether (sulfide) groups is 2. The van der Waals surface area contributed by atoms with E-state index in [0.29, 0.717) is 38.4 Å². The smallest absolute Gasteiger partial charge is 0.457 e. The van der Waals surface area contributed by atoms with Crippen LogP contribution in [0.15, 0.2) is 82.6 Å². The maximum atomic E-state index is 14.4. The van der Waals surface area contributed by atoms with Crippen molar-refractivity contribution in [3.8, 4) is 23.0 Å². The third-order valence-corrected chi connectivity index (χ3v) is 12.3. The standard InChI is InChI=1S/C45H56F3N3O8S3/c1-29-21-35(15-19-39(29)60-11)56-37-17-13-31(23-33(37)27-49(9)41(52)58-43(3,4)5)25-51(62(54,55)45(46,47)48)26-32-14-18-38(57-36-16-20-40(61-12)30(2)22-36)34(24-32)28-50(10)42(53)59-44(6,7)8/h13-24H,25-28H2,1-12H3. The third kappa shape index (κ3) is 14.0. The number of sulfonamides is 1. The van der Waals surface area contributed by atoms with Gasteiger partial charge in [0.25, 0.3) is 0 Å². The molecule has 0 aliphatic carbocycles. The molecule has 17 heteroatoms. The first kappa shape index (κ1) is 50.1. The lowest BCUT2D eigenvalue weighted by Crippen LogP contribution is -2.40. The van der Waals surface area contributed by atoms with Gasteiger partial charge in [-0.3, -0.25) is 0 Å². The first-order valence-corrected chi connectivity index (χ1v) is 23.4. The summed E-state index contributed by atoms with van der Waals surface area (Å²) in [6.45, 7) is 12.6. The molecule has 0 heterocycles. The lowest BCUT2D eigenvalue weighted by Gasteiger charge is -2.27. The number of ether oxygens (including phenoxy) is 4. The van der Waals surface area contributed by atoms with Crippen molar-refractivity contribution in [1.29, 1.82) is 0 Å². The molecule has 0 saturated carbocycles. The van der Waals surface area contributed by atoms with E-state index in [0.717, 1.165) is 20.9 Å². The number of hydrogen-bond acceptors (Lipinski definition) is 10. The molecule has 0 aliphatic heterocycles. The van der Waals surface area contributed by atoms with Crippen LogP contribution in [-0.4, -0.2) is 78.0 Å². The molecule has 4 aromatic rings. The van der Waals surface area contributed by atoms with E-state index in [-0.39, 0.29) is 24.2 Å². The van der Waals surface area contributed by atoms with Gasteiger partial charge in [-0.2, -0.15) is 17.5 Å². The number of halogens is 3. The van der Waals surface area contributed by atoms with Crippen molar-refractivity contribution < 1.29 is 50.1 Å². The molecule has 0 atom stereocenters. The average molecular weight is 920 g/mol. The molecular formula is C45H56F3N3O8S3. The number of aryl methyl sites for hydroxylation is 2. The molecule has 11 nitrogen and oxygen atoms in total. The van der Waals surface area contributed by atoms with E-state index >= 15 is 0 Å². The van der Waals surface area contributed by atoms with Crippen molar-refractivity contribution in [3.63, 3.8) is 0 Å². The minimum atomic E-state index is -5.92. The fourth-order valence-electron chi connectivity index (χ4n) is 6.09. The highest BCUT2D eigenvalue weighted by atomic mass is 32.2. The second kappa shape index (κ2) is 20.3. The van der Waals surface area contributed by atoms with E-state index < -0.39 is 52.0 Å². The van der Waals surface area contributed by atoms with E-state index in [1.54, 1.807) is 77.2 Å². The third-order valence-electron chi connectivity index (χ3n) is 9.01. The molecule has 62 heavy (non-hydrogen) atoms. The van der Waals surface area contributed by atoms with E-state index in [4.69, 9.17) is 18.9 Å². The van der Waals surface area contributed by atoms with Gasteiger partial charge in [0.05, 0.1) is 13.1 Å². The first-order valence-electron chi connectivity index (χ1n) is 19.5. The Kier molecular flexibility index (Phi) is 16.4. The van der Waals surface area contributed by atoms with Crippen LogP contribution in [0.1, 0.15) is 74.9 Å². The normalized spacial score (nSPS) is 12.3. The summed E-state index contributed by atoms with van der Waals surface area (Å²) in [5.74, 6) is 1.59. The van der Waals surface area contributed by atoms with E-state index in [9.17, 15) is 31.2 Å². The molecule has 0 aliphatic rings. The maximum absolute atomic E-state index is 14.4. The first-order chi connectivity index (χ1) is 28.7. The van der Waals surface area contributed by atoms with Gasteiger partial charge in [0.15, 0.2) is 0 Å². The van der Waals surface area contributed by atoms with Gasteiger partial charge < -0.3 is 28.7 Å². The molecule has 2 amide bonds. The Hall–Kier alpha value is -4.58. The van der Waals surface area contributed by atoms with Gasteiger partial charge in [-0.1, -0.05) is 12.1 Å². The Morgan fingerprint density at radius 1 is 0.597 bits per heavy atom. The summed E-state index contributed by atoms with van der Waals surface area (Å²) in [4.78, 5) is 30.7. The zero-order valence-electron chi connectivity index (χ0n) is 37.2. The molecule has 0 spiro atoms. The minimum Gasteiger partial charge on any atom is -0.457 e.